The Bertz CT molecular complexity index is 676. The topological polar surface area (TPSA) is 65.5 Å². The molecule has 144 valence electrons. The van der Waals surface area contributed by atoms with Crippen LogP contribution in [0.3, 0.4) is 0 Å². The number of nitrogens with zero attached hydrogens (tertiary/aromatic N) is 3. The highest BCUT2D eigenvalue weighted by atomic mass is 35.5. The van der Waals surface area contributed by atoms with Crippen LogP contribution in [-0.2, 0) is 15.8 Å². The molecule has 1 fully saturated rings. The van der Waals surface area contributed by atoms with E-state index < -0.39 is 11.7 Å². The van der Waals surface area contributed by atoms with E-state index >= 15 is 0 Å². The number of anilines is 1. The van der Waals surface area contributed by atoms with Crippen molar-refractivity contribution in [3.05, 3.63) is 22.8 Å². The molecule has 1 aliphatic heterocycles. The van der Waals surface area contributed by atoms with Crippen LogP contribution >= 0.6 is 11.6 Å². The van der Waals surface area contributed by atoms with Crippen molar-refractivity contribution in [1.29, 1.82) is 0 Å². The number of rotatable bonds is 4. The molecule has 6 nitrogen and oxygen atoms in total. The van der Waals surface area contributed by atoms with E-state index in [1.807, 2.05) is 0 Å². The summed E-state index contributed by atoms with van der Waals surface area (Å²) in [6.45, 7) is 0.881. The van der Waals surface area contributed by atoms with Gasteiger partial charge < -0.3 is 15.1 Å². The molecule has 2 amide bonds. The summed E-state index contributed by atoms with van der Waals surface area (Å²) in [5.74, 6) is -0.336. The van der Waals surface area contributed by atoms with Gasteiger partial charge in [0.25, 0.3) is 0 Å². The van der Waals surface area contributed by atoms with Crippen LogP contribution in [-0.4, -0.2) is 55.4 Å². The van der Waals surface area contributed by atoms with Gasteiger partial charge in [-0.3, -0.25) is 9.59 Å². The first-order valence-corrected chi connectivity index (χ1v) is 8.44. The number of alkyl halides is 3. The van der Waals surface area contributed by atoms with Crippen LogP contribution in [0.5, 0.6) is 0 Å². The van der Waals surface area contributed by atoms with Crippen molar-refractivity contribution in [2.45, 2.75) is 19.0 Å². The molecule has 26 heavy (non-hydrogen) atoms. The molecule has 1 saturated heterocycles. The van der Waals surface area contributed by atoms with Gasteiger partial charge in [-0.15, -0.1) is 0 Å². The Kier molecular flexibility index (Phi) is 6.33. The van der Waals surface area contributed by atoms with Crippen molar-refractivity contribution < 1.29 is 22.8 Å². The molecule has 10 heteroatoms. The Morgan fingerprint density at radius 1 is 1.38 bits per heavy atom. The van der Waals surface area contributed by atoms with Gasteiger partial charge in [0.15, 0.2) is 0 Å². The molecule has 1 aromatic heterocycles. The van der Waals surface area contributed by atoms with Crippen molar-refractivity contribution in [1.82, 2.24) is 15.2 Å². The standard InChI is InChI=1S/C16H20ClF3N4O2/c1-21-13(25)9-23(2)15(26)10-3-5-24(6-4-10)14-12(17)7-11(8-22-14)16(18,19)20/h7-8,10H,3-6,9H2,1-2H3,(H,21,25). The first-order chi connectivity index (χ1) is 12.1. The summed E-state index contributed by atoms with van der Waals surface area (Å²) >= 11 is 5.97. The van der Waals surface area contributed by atoms with Crippen molar-refractivity contribution in [2.75, 3.05) is 38.6 Å². The van der Waals surface area contributed by atoms with E-state index in [4.69, 9.17) is 11.6 Å². The van der Waals surface area contributed by atoms with Gasteiger partial charge in [0, 0.05) is 39.3 Å². The monoisotopic (exact) mass is 392 g/mol. The van der Waals surface area contributed by atoms with E-state index in [-0.39, 0.29) is 35.1 Å². The van der Waals surface area contributed by atoms with Gasteiger partial charge >= 0.3 is 6.18 Å². The zero-order valence-corrected chi connectivity index (χ0v) is 15.2. The minimum Gasteiger partial charge on any atom is -0.358 e. The number of likely N-dealkylation sites (N-methyl/N-ethyl adjacent to an activating group) is 2. The maximum absolute atomic E-state index is 12.7. The molecule has 1 aliphatic rings. The maximum Gasteiger partial charge on any atom is 0.417 e. The maximum atomic E-state index is 12.7. The molecule has 0 spiro atoms. The van der Waals surface area contributed by atoms with Crippen LogP contribution in [0, 0.1) is 5.92 Å². The molecular formula is C16H20ClF3N4O2. The van der Waals surface area contributed by atoms with Gasteiger partial charge in [-0.25, -0.2) is 4.98 Å². The molecule has 1 aromatic rings. The van der Waals surface area contributed by atoms with Gasteiger partial charge in [-0.05, 0) is 18.9 Å². The number of halogens is 4. The Balaban J connectivity index is 1.98. The number of hydrogen-bond donors (Lipinski definition) is 1. The summed E-state index contributed by atoms with van der Waals surface area (Å²) in [7, 11) is 3.07. The second-order valence-corrected chi connectivity index (χ2v) is 6.56. The summed E-state index contributed by atoms with van der Waals surface area (Å²) in [5, 5.41) is 2.39. The number of pyridine rings is 1. The van der Waals surface area contributed by atoms with Crippen LogP contribution in [0.25, 0.3) is 0 Å². The molecular weight excluding hydrogens is 373 g/mol. The number of carbonyl (C=O) groups is 2. The van der Waals surface area contributed by atoms with E-state index in [0.29, 0.717) is 25.9 Å². The quantitative estimate of drug-likeness (QED) is 0.853. The number of piperidine rings is 1. The normalized spacial score (nSPS) is 15.7. The highest BCUT2D eigenvalue weighted by Gasteiger charge is 2.33. The largest absolute Gasteiger partial charge is 0.417 e. The van der Waals surface area contributed by atoms with Crippen LogP contribution in [0.4, 0.5) is 19.0 Å². The van der Waals surface area contributed by atoms with Gasteiger partial charge in [0.05, 0.1) is 17.1 Å². The van der Waals surface area contributed by atoms with Crippen LogP contribution in [0.1, 0.15) is 18.4 Å². The van der Waals surface area contributed by atoms with Crippen molar-refractivity contribution >= 4 is 29.2 Å². The van der Waals surface area contributed by atoms with Gasteiger partial charge in [0.1, 0.15) is 5.82 Å². The fourth-order valence-electron chi connectivity index (χ4n) is 2.84. The van der Waals surface area contributed by atoms with Crippen molar-refractivity contribution in [3.8, 4) is 0 Å². The van der Waals surface area contributed by atoms with E-state index in [0.717, 1.165) is 12.3 Å². The van der Waals surface area contributed by atoms with Gasteiger partial charge in [0.2, 0.25) is 11.8 Å². The minimum atomic E-state index is -4.50. The highest BCUT2D eigenvalue weighted by molar-refractivity contribution is 6.33. The Morgan fingerprint density at radius 2 is 2.00 bits per heavy atom. The van der Waals surface area contributed by atoms with E-state index in [1.165, 1.54) is 11.9 Å². The van der Waals surface area contributed by atoms with Crippen LogP contribution in [0.2, 0.25) is 5.02 Å². The fraction of sp³-hybridized carbons (Fsp3) is 0.562. The predicted molar refractivity (Wildman–Crippen MR) is 90.9 cm³/mol. The molecule has 0 radical (unpaired) electrons. The number of carbonyl (C=O) groups excluding carboxylic acids is 2. The van der Waals surface area contributed by atoms with Crippen molar-refractivity contribution in [3.63, 3.8) is 0 Å². The number of hydrogen-bond acceptors (Lipinski definition) is 4. The van der Waals surface area contributed by atoms with E-state index in [1.54, 1.807) is 11.9 Å². The lowest BCUT2D eigenvalue weighted by atomic mass is 9.95. The van der Waals surface area contributed by atoms with E-state index in [9.17, 15) is 22.8 Å². The van der Waals surface area contributed by atoms with Crippen molar-refractivity contribution in [2.24, 2.45) is 5.92 Å². The average Bonchev–Trinajstić information content (AvgIpc) is 2.60. The zero-order valence-electron chi connectivity index (χ0n) is 14.4. The lowest BCUT2D eigenvalue weighted by molar-refractivity contribution is -0.138. The lowest BCUT2D eigenvalue weighted by Gasteiger charge is -2.34. The third-order valence-electron chi connectivity index (χ3n) is 4.33. The zero-order chi connectivity index (χ0) is 19.5. The third-order valence-corrected chi connectivity index (χ3v) is 4.61. The SMILES string of the molecule is CNC(=O)CN(C)C(=O)C1CCN(c2ncc(C(F)(F)F)cc2Cl)CC1. The smallest absolute Gasteiger partial charge is 0.358 e. The molecule has 2 heterocycles. The van der Waals surface area contributed by atoms with Gasteiger partial charge in [-0.1, -0.05) is 11.6 Å². The second kappa shape index (κ2) is 8.11. The predicted octanol–water partition coefficient (Wildman–Crippen LogP) is 2.17. The molecule has 2 rings (SSSR count). The Labute approximate surface area is 154 Å². The molecule has 0 aliphatic carbocycles. The molecule has 0 aromatic carbocycles. The third kappa shape index (κ3) is 4.78. The van der Waals surface area contributed by atoms with E-state index in [2.05, 4.69) is 10.3 Å². The Morgan fingerprint density at radius 3 is 2.50 bits per heavy atom. The molecule has 1 N–H and O–H groups in total. The number of amides is 2. The number of aromatic nitrogens is 1. The van der Waals surface area contributed by atoms with Gasteiger partial charge in [-0.2, -0.15) is 13.2 Å². The summed E-state index contributed by atoms with van der Waals surface area (Å²) < 4.78 is 38.1. The average molecular weight is 393 g/mol. The molecule has 0 saturated carbocycles. The summed E-state index contributed by atoms with van der Waals surface area (Å²) in [6, 6.07) is 0.859. The Hall–Kier alpha value is -2.03. The highest BCUT2D eigenvalue weighted by Crippen LogP contribution is 2.34. The van der Waals surface area contributed by atoms with Crippen LogP contribution in [0.15, 0.2) is 12.3 Å². The summed E-state index contributed by atoms with van der Waals surface area (Å²) in [5.41, 5.74) is -0.896. The van der Waals surface area contributed by atoms with Crippen LogP contribution < -0.4 is 10.2 Å². The minimum absolute atomic E-state index is 0.0121. The molecule has 0 bridgehead atoms. The number of nitrogens with one attached hydrogen (secondary N) is 1. The second-order valence-electron chi connectivity index (χ2n) is 6.16. The summed E-state index contributed by atoms with van der Waals surface area (Å²) in [6.07, 6.45) is -2.72. The molecule has 0 unspecified atom stereocenters. The fourth-order valence-corrected chi connectivity index (χ4v) is 3.13. The first-order valence-electron chi connectivity index (χ1n) is 8.06. The molecule has 0 atom stereocenters. The first kappa shape index (κ1) is 20.3. The summed E-state index contributed by atoms with van der Waals surface area (Å²) in [4.78, 5) is 30.7. The lowest BCUT2D eigenvalue weighted by Crippen LogP contribution is -2.44.